The van der Waals surface area contributed by atoms with Crippen molar-refractivity contribution in [1.82, 2.24) is 15.6 Å². The molecule has 0 saturated heterocycles. The lowest BCUT2D eigenvalue weighted by molar-refractivity contribution is -0.116. The Morgan fingerprint density at radius 2 is 1.91 bits per heavy atom. The molecule has 0 spiro atoms. The third-order valence-corrected chi connectivity index (χ3v) is 4.12. The number of hydrogen-bond donors (Lipinski definition) is 3. The second kappa shape index (κ2) is 15.2. The molecule has 1 aromatic heterocycles. The number of ether oxygens (including phenoxy) is 2. The Hall–Kier alpha value is -2.70. The number of benzene rings is 1. The molecule has 0 atom stereocenters. The second-order valence-corrected chi connectivity index (χ2v) is 6.64. The van der Waals surface area contributed by atoms with Crippen molar-refractivity contribution in [2.24, 2.45) is 4.99 Å². The minimum Gasteiger partial charge on any atom is -0.490 e. The molecular formula is C22H30F2IN5O3. The molecule has 1 heterocycles. The monoisotopic (exact) mass is 577 g/mol. The van der Waals surface area contributed by atoms with Gasteiger partial charge in [-0.05, 0) is 39.0 Å². The lowest BCUT2D eigenvalue weighted by Gasteiger charge is -2.15. The summed E-state index contributed by atoms with van der Waals surface area (Å²) in [5.74, 6) is 0.951. The van der Waals surface area contributed by atoms with Crippen molar-refractivity contribution in [3.63, 3.8) is 0 Å². The molecule has 3 N–H and O–H groups in total. The lowest BCUT2D eigenvalue weighted by atomic mass is 10.2. The maximum atomic E-state index is 12.9. The van der Waals surface area contributed by atoms with Crippen LogP contribution in [0.3, 0.4) is 0 Å². The lowest BCUT2D eigenvalue weighted by Crippen LogP contribution is -2.38. The van der Waals surface area contributed by atoms with Crippen molar-refractivity contribution in [2.75, 3.05) is 25.0 Å². The van der Waals surface area contributed by atoms with Gasteiger partial charge in [-0.2, -0.15) is 8.78 Å². The van der Waals surface area contributed by atoms with Crippen LogP contribution in [0, 0.1) is 6.92 Å². The molecule has 33 heavy (non-hydrogen) atoms. The van der Waals surface area contributed by atoms with Crippen molar-refractivity contribution in [3.05, 3.63) is 47.7 Å². The Kier molecular flexibility index (Phi) is 13.0. The quantitative estimate of drug-likeness (QED) is 0.212. The van der Waals surface area contributed by atoms with E-state index in [4.69, 9.17) is 4.74 Å². The summed E-state index contributed by atoms with van der Waals surface area (Å²) in [7, 11) is 0. The van der Waals surface area contributed by atoms with Gasteiger partial charge in [0.2, 0.25) is 5.91 Å². The predicted octanol–water partition coefficient (Wildman–Crippen LogP) is 4.09. The Bertz CT molecular complexity index is 915. The highest BCUT2D eigenvalue weighted by molar-refractivity contribution is 14.0. The number of amides is 1. The zero-order valence-corrected chi connectivity index (χ0v) is 21.2. The molecule has 0 radical (unpaired) electrons. The van der Waals surface area contributed by atoms with Crippen LogP contribution in [0.25, 0.3) is 0 Å². The van der Waals surface area contributed by atoms with Gasteiger partial charge in [-0.25, -0.2) is 9.98 Å². The summed E-state index contributed by atoms with van der Waals surface area (Å²) < 4.78 is 35.8. The summed E-state index contributed by atoms with van der Waals surface area (Å²) in [5, 5.41) is 8.85. The van der Waals surface area contributed by atoms with Gasteiger partial charge in [0.05, 0.1) is 13.2 Å². The zero-order valence-electron chi connectivity index (χ0n) is 18.9. The zero-order chi connectivity index (χ0) is 23.3. The van der Waals surface area contributed by atoms with Gasteiger partial charge in [-0.15, -0.1) is 24.0 Å². The Labute approximate surface area is 209 Å². The number of carbonyl (C=O) groups excluding carboxylic acids is 1. The molecule has 0 unspecified atom stereocenters. The van der Waals surface area contributed by atoms with E-state index in [1.54, 1.807) is 31.2 Å². The maximum absolute atomic E-state index is 12.9. The fourth-order valence-corrected chi connectivity index (χ4v) is 2.80. The molecule has 0 aliphatic heterocycles. The third kappa shape index (κ3) is 10.2. The van der Waals surface area contributed by atoms with Crippen LogP contribution in [0.4, 0.5) is 14.6 Å². The molecule has 1 aromatic carbocycles. The van der Waals surface area contributed by atoms with E-state index in [1.165, 1.54) is 0 Å². The van der Waals surface area contributed by atoms with Gasteiger partial charge in [0, 0.05) is 30.8 Å². The van der Waals surface area contributed by atoms with E-state index in [0.717, 1.165) is 5.69 Å². The topological polar surface area (TPSA) is 96.9 Å². The molecule has 0 saturated carbocycles. The van der Waals surface area contributed by atoms with Gasteiger partial charge >= 0.3 is 6.61 Å². The molecule has 11 heteroatoms. The van der Waals surface area contributed by atoms with Crippen LogP contribution in [0.1, 0.15) is 31.5 Å². The first-order valence-electron chi connectivity index (χ1n) is 10.4. The number of alkyl halides is 2. The molecule has 8 nitrogen and oxygen atoms in total. The minimum absolute atomic E-state index is 0. The van der Waals surface area contributed by atoms with Crippen molar-refractivity contribution >= 4 is 41.7 Å². The second-order valence-electron chi connectivity index (χ2n) is 6.64. The van der Waals surface area contributed by atoms with Crippen molar-refractivity contribution < 1.29 is 23.0 Å². The van der Waals surface area contributed by atoms with Gasteiger partial charge in [0.25, 0.3) is 0 Å². The van der Waals surface area contributed by atoms with E-state index >= 15 is 0 Å². The number of carbonyl (C=O) groups is 1. The summed E-state index contributed by atoms with van der Waals surface area (Å²) in [6, 6.07) is 10.3. The number of anilines is 1. The summed E-state index contributed by atoms with van der Waals surface area (Å²) in [5.41, 5.74) is 1.27. The number of aryl methyl sites for hydroxylation is 1. The number of pyridine rings is 1. The van der Waals surface area contributed by atoms with Gasteiger partial charge in [0.1, 0.15) is 5.82 Å². The van der Waals surface area contributed by atoms with Crippen LogP contribution in [0.2, 0.25) is 0 Å². The van der Waals surface area contributed by atoms with Crippen LogP contribution >= 0.6 is 24.0 Å². The Morgan fingerprint density at radius 3 is 2.58 bits per heavy atom. The highest BCUT2D eigenvalue weighted by atomic mass is 127. The van der Waals surface area contributed by atoms with Crippen LogP contribution in [-0.2, 0) is 11.3 Å². The number of nitrogens with one attached hydrogen (secondary N) is 3. The number of guanidine groups is 1. The summed E-state index contributed by atoms with van der Waals surface area (Å²) in [6.45, 7) is 3.83. The largest absolute Gasteiger partial charge is 0.490 e. The fraction of sp³-hybridized carbons (Fsp3) is 0.409. The summed E-state index contributed by atoms with van der Waals surface area (Å²) in [4.78, 5) is 20.8. The van der Waals surface area contributed by atoms with E-state index in [0.29, 0.717) is 37.0 Å². The fourth-order valence-electron chi connectivity index (χ4n) is 2.80. The number of hydrogen-bond acceptors (Lipinski definition) is 5. The van der Waals surface area contributed by atoms with Crippen molar-refractivity contribution in [3.8, 4) is 11.5 Å². The van der Waals surface area contributed by atoms with Gasteiger partial charge < -0.3 is 25.4 Å². The average molecular weight is 577 g/mol. The number of para-hydroxylation sites is 1. The number of nitrogens with zero attached hydrogens (tertiary/aromatic N) is 2. The smallest absolute Gasteiger partial charge is 0.387 e. The van der Waals surface area contributed by atoms with Crippen molar-refractivity contribution in [1.29, 1.82) is 0 Å². The van der Waals surface area contributed by atoms with E-state index in [-0.39, 0.29) is 54.3 Å². The third-order valence-electron chi connectivity index (χ3n) is 4.12. The van der Waals surface area contributed by atoms with Crippen LogP contribution in [-0.4, -0.2) is 43.2 Å². The highest BCUT2D eigenvalue weighted by Crippen LogP contribution is 2.33. The van der Waals surface area contributed by atoms with Gasteiger partial charge in [-0.1, -0.05) is 18.2 Å². The summed E-state index contributed by atoms with van der Waals surface area (Å²) in [6.07, 6.45) is 0.194. The van der Waals surface area contributed by atoms with Crippen LogP contribution < -0.4 is 25.4 Å². The van der Waals surface area contributed by atoms with E-state index in [1.807, 2.05) is 26.0 Å². The normalized spacial score (nSPS) is 10.9. The maximum Gasteiger partial charge on any atom is 0.387 e. The molecule has 2 aromatic rings. The summed E-state index contributed by atoms with van der Waals surface area (Å²) >= 11 is 0. The minimum atomic E-state index is -2.98. The predicted molar refractivity (Wildman–Crippen MR) is 135 cm³/mol. The van der Waals surface area contributed by atoms with E-state index < -0.39 is 6.61 Å². The standard InChI is InChI=1S/C22H29F2N5O3.HI/c1-4-25-22(26-13-12-19(30)29-18-11-6-8-15(3)28-18)27-14-16-9-7-10-17(31-5-2)20(16)32-21(23)24;/h6-11,21H,4-5,12-14H2,1-3H3,(H2,25,26,27)(H,28,29,30);1H. The first-order chi connectivity index (χ1) is 15.4. The molecule has 182 valence electrons. The average Bonchev–Trinajstić information content (AvgIpc) is 2.73. The van der Waals surface area contributed by atoms with E-state index in [9.17, 15) is 13.6 Å². The SMILES string of the molecule is CCNC(=NCc1cccc(OCC)c1OC(F)F)NCCC(=O)Nc1cccc(C)n1.I. The first-order valence-corrected chi connectivity index (χ1v) is 10.4. The Morgan fingerprint density at radius 1 is 1.15 bits per heavy atom. The molecule has 0 bridgehead atoms. The molecule has 0 aliphatic carbocycles. The molecule has 2 rings (SSSR count). The highest BCUT2D eigenvalue weighted by Gasteiger charge is 2.15. The number of aromatic nitrogens is 1. The Balaban J connectivity index is 0.00000544. The number of aliphatic imine (C=N–C) groups is 1. The molecular weight excluding hydrogens is 547 g/mol. The van der Waals surface area contributed by atoms with Gasteiger partial charge in [0.15, 0.2) is 17.5 Å². The molecule has 0 aliphatic rings. The molecule has 1 amide bonds. The first kappa shape index (κ1) is 28.3. The number of rotatable bonds is 11. The number of halogens is 3. The van der Waals surface area contributed by atoms with Crippen molar-refractivity contribution in [2.45, 2.75) is 40.3 Å². The van der Waals surface area contributed by atoms with Crippen LogP contribution in [0.5, 0.6) is 11.5 Å². The van der Waals surface area contributed by atoms with Gasteiger partial charge in [-0.3, -0.25) is 4.79 Å². The van der Waals surface area contributed by atoms with E-state index in [2.05, 4.69) is 30.7 Å². The molecule has 0 fully saturated rings. The van der Waals surface area contributed by atoms with Crippen LogP contribution in [0.15, 0.2) is 41.4 Å².